The number of halogens is 1. The van der Waals surface area contributed by atoms with Crippen molar-refractivity contribution in [1.29, 1.82) is 0 Å². The quantitative estimate of drug-likeness (QED) is 0.603. The van der Waals surface area contributed by atoms with Gasteiger partial charge in [0.25, 0.3) is 5.88 Å². The molecule has 0 amide bonds. The van der Waals surface area contributed by atoms with Crippen molar-refractivity contribution in [3.05, 3.63) is 38.5 Å². The fourth-order valence-corrected chi connectivity index (χ4v) is 2.31. The average molecular weight is 356 g/mol. The van der Waals surface area contributed by atoms with Crippen molar-refractivity contribution < 1.29 is 14.4 Å². The Labute approximate surface area is 129 Å². The molecule has 0 saturated heterocycles. The van der Waals surface area contributed by atoms with Crippen molar-refractivity contribution in [3.8, 4) is 17.4 Å². The van der Waals surface area contributed by atoms with Crippen LogP contribution in [0.5, 0.6) is 17.4 Å². The third-order valence-electron chi connectivity index (χ3n) is 2.88. The van der Waals surface area contributed by atoms with Crippen LogP contribution in [0.1, 0.15) is 12.6 Å². The van der Waals surface area contributed by atoms with Gasteiger partial charge in [0.2, 0.25) is 0 Å². The zero-order valence-electron chi connectivity index (χ0n) is 11.8. The summed E-state index contributed by atoms with van der Waals surface area (Å²) in [4.78, 5) is 10.7. The fraction of sp³-hybridized carbons (Fsp3) is 0.308. The highest BCUT2D eigenvalue weighted by Gasteiger charge is 2.27. The van der Waals surface area contributed by atoms with Crippen LogP contribution in [0.15, 0.2) is 22.7 Å². The van der Waals surface area contributed by atoms with Gasteiger partial charge in [-0.25, -0.2) is 4.68 Å². The van der Waals surface area contributed by atoms with Crippen LogP contribution in [0, 0.1) is 17.0 Å². The molecule has 0 fully saturated rings. The lowest BCUT2D eigenvalue weighted by atomic mass is 10.3. The molecule has 0 aliphatic rings. The molecular weight excluding hydrogens is 342 g/mol. The van der Waals surface area contributed by atoms with Gasteiger partial charge in [-0.1, -0.05) is 0 Å². The van der Waals surface area contributed by atoms with E-state index in [0.717, 1.165) is 0 Å². The lowest BCUT2D eigenvalue weighted by Crippen LogP contribution is -2.01. The Morgan fingerprint density at radius 1 is 1.48 bits per heavy atom. The van der Waals surface area contributed by atoms with E-state index in [1.807, 2.05) is 6.92 Å². The number of ether oxygens (including phenoxy) is 2. The highest BCUT2D eigenvalue weighted by atomic mass is 79.9. The Morgan fingerprint density at radius 2 is 2.19 bits per heavy atom. The number of rotatable bonds is 5. The van der Waals surface area contributed by atoms with Crippen molar-refractivity contribution in [2.24, 2.45) is 0 Å². The molecule has 1 aromatic carbocycles. The van der Waals surface area contributed by atoms with Crippen LogP contribution < -0.4 is 9.47 Å². The summed E-state index contributed by atoms with van der Waals surface area (Å²) in [7, 11) is 1.56. The van der Waals surface area contributed by atoms with Gasteiger partial charge in [-0.15, -0.1) is 0 Å². The second kappa shape index (κ2) is 6.13. The molecule has 21 heavy (non-hydrogen) atoms. The molecule has 0 unspecified atom stereocenters. The Bertz CT molecular complexity index is 684. The van der Waals surface area contributed by atoms with Crippen molar-refractivity contribution in [2.45, 2.75) is 20.4 Å². The standard InChI is InChI=1S/C13H14BrN3O4/c1-4-16-13(12(17(18)19)8(2)15-16)21-11-6-5-9(20-3)7-10(11)14/h5-7H,4H2,1-3H3. The zero-order valence-corrected chi connectivity index (χ0v) is 13.4. The normalized spacial score (nSPS) is 10.5. The number of hydrogen-bond acceptors (Lipinski definition) is 5. The lowest BCUT2D eigenvalue weighted by molar-refractivity contribution is -0.386. The minimum absolute atomic E-state index is 0.117. The first-order valence-corrected chi connectivity index (χ1v) is 7.00. The van der Waals surface area contributed by atoms with Crippen LogP contribution in [0.2, 0.25) is 0 Å². The molecule has 112 valence electrons. The predicted octanol–water partition coefficient (Wildman–Crippen LogP) is 3.68. The minimum Gasteiger partial charge on any atom is -0.497 e. The molecule has 0 aliphatic carbocycles. The van der Waals surface area contributed by atoms with E-state index < -0.39 is 4.92 Å². The summed E-state index contributed by atoms with van der Waals surface area (Å²) in [5.74, 6) is 1.23. The van der Waals surface area contributed by atoms with E-state index in [1.165, 1.54) is 4.68 Å². The Morgan fingerprint density at radius 3 is 2.71 bits per heavy atom. The molecule has 0 saturated carbocycles. The smallest absolute Gasteiger partial charge is 0.353 e. The van der Waals surface area contributed by atoms with Crippen LogP contribution in [0.3, 0.4) is 0 Å². The van der Waals surface area contributed by atoms with Crippen LogP contribution in [0.25, 0.3) is 0 Å². The number of nitrogens with zero attached hydrogens (tertiary/aromatic N) is 3. The molecule has 0 N–H and O–H groups in total. The molecule has 0 radical (unpaired) electrons. The fourth-order valence-electron chi connectivity index (χ4n) is 1.87. The number of benzene rings is 1. The maximum atomic E-state index is 11.2. The summed E-state index contributed by atoms with van der Waals surface area (Å²) in [6.45, 7) is 3.89. The van der Waals surface area contributed by atoms with E-state index in [-0.39, 0.29) is 11.6 Å². The number of methoxy groups -OCH3 is 1. The first-order chi connectivity index (χ1) is 9.97. The first-order valence-electron chi connectivity index (χ1n) is 6.21. The van der Waals surface area contributed by atoms with E-state index >= 15 is 0 Å². The highest BCUT2D eigenvalue weighted by Crippen LogP contribution is 2.38. The average Bonchev–Trinajstić information content (AvgIpc) is 2.76. The molecule has 0 bridgehead atoms. The molecule has 1 heterocycles. The Hall–Kier alpha value is -2.09. The summed E-state index contributed by atoms with van der Waals surface area (Å²) in [6.07, 6.45) is 0. The summed E-state index contributed by atoms with van der Waals surface area (Å²) in [5, 5.41) is 15.3. The van der Waals surface area contributed by atoms with Crippen LogP contribution in [-0.4, -0.2) is 21.8 Å². The van der Waals surface area contributed by atoms with Crippen LogP contribution in [-0.2, 0) is 6.54 Å². The molecule has 0 atom stereocenters. The minimum atomic E-state index is -0.485. The second-order valence-corrected chi connectivity index (χ2v) is 5.06. The van der Waals surface area contributed by atoms with Crippen molar-refractivity contribution in [1.82, 2.24) is 9.78 Å². The molecule has 7 nitrogen and oxygen atoms in total. The SMILES string of the molecule is CCn1nc(C)c([N+](=O)[O-])c1Oc1ccc(OC)cc1Br. The Balaban J connectivity index is 2.46. The van der Waals surface area contributed by atoms with E-state index in [9.17, 15) is 10.1 Å². The molecule has 0 aliphatic heterocycles. The number of aromatic nitrogens is 2. The molecule has 8 heteroatoms. The maximum Gasteiger partial charge on any atom is 0.353 e. The second-order valence-electron chi connectivity index (χ2n) is 4.21. The van der Waals surface area contributed by atoms with Gasteiger partial charge in [-0.3, -0.25) is 10.1 Å². The monoisotopic (exact) mass is 355 g/mol. The number of hydrogen-bond donors (Lipinski definition) is 0. The third kappa shape index (κ3) is 2.99. The van der Waals surface area contributed by atoms with Crippen molar-refractivity contribution in [3.63, 3.8) is 0 Å². The molecule has 2 rings (SSSR count). The van der Waals surface area contributed by atoms with Gasteiger partial charge in [0.1, 0.15) is 17.2 Å². The predicted molar refractivity (Wildman–Crippen MR) is 80.1 cm³/mol. The topological polar surface area (TPSA) is 79.4 Å². The summed E-state index contributed by atoms with van der Waals surface area (Å²) in [6, 6.07) is 5.11. The third-order valence-corrected chi connectivity index (χ3v) is 3.50. The molecule has 0 spiro atoms. The van der Waals surface area contributed by atoms with Gasteiger partial charge in [-0.05, 0) is 48.0 Å². The summed E-state index contributed by atoms with van der Waals surface area (Å²) in [5.41, 5.74) is 0.195. The molecule has 1 aromatic heterocycles. The summed E-state index contributed by atoms with van der Waals surface area (Å²) < 4.78 is 12.9. The number of aryl methyl sites for hydroxylation is 2. The van der Waals surface area contributed by atoms with E-state index in [0.29, 0.717) is 28.2 Å². The van der Waals surface area contributed by atoms with Gasteiger partial charge in [-0.2, -0.15) is 5.10 Å². The van der Waals surface area contributed by atoms with Crippen molar-refractivity contribution in [2.75, 3.05) is 7.11 Å². The van der Waals surface area contributed by atoms with Gasteiger partial charge in [0, 0.05) is 6.54 Å². The largest absolute Gasteiger partial charge is 0.497 e. The first kappa shape index (κ1) is 15.3. The van der Waals surface area contributed by atoms with Gasteiger partial charge in [0.15, 0.2) is 0 Å². The van der Waals surface area contributed by atoms with E-state index in [1.54, 1.807) is 32.2 Å². The van der Waals surface area contributed by atoms with Crippen LogP contribution >= 0.6 is 15.9 Å². The summed E-state index contributed by atoms with van der Waals surface area (Å²) >= 11 is 3.36. The highest BCUT2D eigenvalue weighted by molar-refractivity contribution is 9.10. The molecular formula is C13H14BrN3O4. The Kier molecular flexibility index (Phi) is 4.46. The van der Waals surface area contributed by atoms with Gasteiger partial charge < -0.3 is 9.47 Å². The number of nitro groups is 1. The molecule has 2 aromatic rings. The van der Waals surface area contributed by atoms with E-state index in [4.69, 9.17) is 9.47 Å². The maximum absolute atomic E-state index is 11.2. The van der Waals surface area contributed by atoms with Crippen LogP contribution in [0.4, 0.5) is 5.69 Å². The van der Waals surface area contributed by atoms with Crippen molar-refractivity contribution >= 4 is 21.6 Å². The zero-order chi connectivity index (χ0) is 15.6. The van der Waals surface area contributed by atoms with Gasteiger partial charge in [0.05, 0.1) is 16.5 Å². The van der Waals surface area contributed by atoms with E-state index in [2.05, 4.69) is 21.0 Å². The lowest BCUT2D eigenvalue weighted by Gasteiger charge is -2.09. The van der Waals surface area contributed by atoms with Gasteiger partial charge >= 0.3 is 5.69 Å².